The van der Waals surface area contributed by atoms with Gasteiger partial charge in [0.25, 0.3) is 0 Å². The summed E-state index contributed by atoms with van der Waals surface area (Å²) >= 11 is 0. The Hall–Kier alpha value is -3.15. The van der Waals surface area contributed by atoms with Gasteiger partial charge in [0.1, 0.15) is 18.5 Å². The molecule has 0 amide bonds. The van der Waals surface area contributed by atoms with E-state index in [0.717, 1.165) is 26.5 Å². The fourth-order valence-corrected chi connectivity index (χ4v) is 3.81. The number of sulfone groups is 1. The zero-order valence-electron chi connectivity index (χ0n) is 16.1. The minimum atomic E-state index is -4.97. The first-order chi connectivity index (χ1) is 14.0. The minimum absolute atomic E-state index is 0.0755. The fraction of sp³-hybridized carbons (Fsp3) is 0.278. The molecule has 0 aliphatic rings. The molecule has 2 aromatic rings. The van der Waals surface area contributed by atoms with E-state index in [-0.39, 0.29) is 11.4 Å². The number of benzene rings is 1. The number of methoxy groups -OCH3 is 2. The zero-order valence-corrected chi connectivity index (χ0v) is 16.9. The van der Waals surface area contributed by atoms with Gasteiger partial charge in [-0.3, -0.25) is 0 Å². The Kier molecular flexibility index (Phi) is 7.03. The predicted molar refractivity (Wildman–Crippen MR) is 97.9 cm³/mol. The second-order valence-electron chi connectivity index (χ2n) is 5.84. The van der Waals surface area contributed by atoms with E-state index >= 15 is 0 Å². The number of alkyl halides is 3. The molecular formula is C18H17F3N2O6S. The Labute approximate surface area is 170 Å². The van der Waals surface area contributed by atoms with Crippen molar-refractivity contribution in [3.05, 3.63) is 53.7 Å². The molecular weight excluding hydrogens is 429 g/mol. The molecule has 0 saturated heterocycles. The van der Waals surface area contributed by atoms with Gasteiger partial charge in [-0.2, -0.15) is 13.2 Å². The number of hydrogen-bond donors (Lipinski definition) is 0. The molecule has 0 bridgehead atoms. The molecule has 8 nitrogen and oxygen atoms in total. The number of ether oxygens (including phenoxy) is 3. The van der Waals surface area contributed by atoms with Crippen LogP contribution in [0.1, 0.15) is 16.7 Å². The normalized spacial score (nSPS) is 12.4. The van der Waals surface area contributed by atoms with Gasteiger partial charge < -0.3 is 14.2 Å². The first kappa shape index (κ1) is 23.1. The summed E-state index contributed by atoms with van der Waals surface area (Å²) < 4.78 is 80.8. The van der Waals surface area contributed by atoms with E-state index in [0.29, 0.717) is 12.3 Å². The van der Waals surface area contributed by atoms with Crippen molar-refractivity contribution in [1.82, 2.24) is 9.97 Å². The van der Waals surface area contributed by atoms with E-state index in [2.05, 4.69) is 14.7 Å². The topological polar surface area (TPSA) is 105 Å². The Morgan fingerprint density at radius 2 is 1.90 bits per heavy atom. The van der Waals surface area contributed by atoms with Gasteiger partial charge in [0, 0.05) is 29.6 Å². The summed E-state index contributed by atoms with van der Waals surface area (Å²) in [6.07, 6.45) is -1.000. The number of aromatic nitrogens is 2. The average molecular weight is 446 g/mol. The monoisotopic (exact) mass is 446 g/mol. The highest BCUT2D eigenvalue weighted by Crippen LogP contribution is 2.40. The van der Waals surface area contributed by atoms with Crippen LogP contribution in [0.5, 0.6) is 5.88 Å². The van der Waals surface area contributed by atoms with Crippen LogP contribution in [-0.4, -0.2) is 44.8 Å². The molecule has 1 heterocycles. The molecule has 1 aromatic carbocycles. The largest absolute Gasteiger partial charge is 0.503 e. The van der Waals surface area contributed by atoms with E-state index in [1.54, 1.807) is 0 Å². The molecule has 0 aliphatic carbocycles. The third-order valence-corrected chi connectivity index (χ3v) is 4.96. The van der Waals surface area contributed by atoms with Crippen LogP contribution in [0.4, 0.5) is 13.2 Å². The highest BCUT2D eigenvalue weighted by molar-refractivity contribution is 7.90. The second kappa shape index (κ2) is 9.11. The van der Waals surface area contributed by atoms with Crippen LogP contribution in [0.3, 0.4) is 0 Å². The summed E-state index contributed by atoms with van der Waals surface area (Å²) in [4.78, 5) is 18.9. The van der Waals surface area contributed by atoms with Gasteiger partial charge in [0.15, 0.2) is 9.84 Å². The third kappa shape index (κ3) is 5.26. The van der Waals surface area contributed by atoms with Gasteiger partial charge >= 0.3 is 12.1 Å². The standard InChI is InChI=1S/C18H17F3N2O6S/c1-27-9-12(17(24)28-2)15-13(18(19,20)21)5-4-11(16(15)30(3,25)26)8-29-14-6-7-22-10-23-14/h4-7,9-10H,8H2,1-3H3. The van der Waals surface area contributed by atoms with Crippen LogP contribution in [-0.2, 0) is 36.9 Å². The summed E-state index contributed by atoms with van der Waals surface area (Å²) in [6, 6.07) is 3.01. The summed E-state index contributed by atoms with van der Waals surface area (Å²) in [5.74, 6) is -1.13. The van der Waals surface area contributed by atoms with Crippen molar-refractivity contribution < 1.29 is 40.6 Å². The van der Waals surface area contributed by atoms with Gasteiger partial charge in [0.2, 0.25) is 5.88 Å². The lowest BCUT2D eigenvalue weighted by Crippen LogP contribution is -2.19. The van der Waals surface area contributed by atoms with Crippen LogP contribution in [0.15, 0.2) is 41.9 Å². The maximum absolute atomic E-state index is 13.7. The fourth-order valence-electron chi connectivity index (χ4n) is 2.62. The van der Waals surface area contributed by atoms with Crippen molar-refractivity contribution in [3.63, 3.8) is 0 Å². The highest BCUT2D eigenvalue weighted by atomic mass is 32.2. The highest BCUT2D eigenvalue weighted by Gasteiger charge is 2.39. The molecule has 0 N–H and O–H groups in total. The molecule has 0 aliphatic heterocycles. The SMILES string of the molecule is COC=C(C(=O)OC)c1c(C(F)(F)F)ccc(COc2ccncn2)c1S(C)(=O)=O. The maximum Gasteiger partial charge on any atom is 0.417 e. The summed E-state index contributed by atoms with van der Waals surface area (Å²) in [5.41, 5.74) is -3.06. The van der Waals surface area contributed by atoms with Gasteiger partial charge in [-0.15, -0.1) is 0 Å². The molecule has 0 unspecified atom stereocenters. The van der Waals surface area contributed by atoms with Crippen LogP contribution in [0, 0.1) is 0 Å². The van der Waals surface area contributed by atoms with E-state index in [1.807, 2.05) is 0 Å². The van der Waals surface area contributed by atoms with Gasteiger partial charge in [-0.05, 0) is 6.07 Å². The molecule has 12 heteroatoms. The Bertz CT molecular complexity index is 1050. The lowest BCUT2D eigenvalue weighted by Gasteiger charge is -2.20. The van der Waals surface area contributed by atoms with E-state index in [9.17, 15) is 26.4 Å². The van der Waals surface area contributed by atoms with Crippen molar-refractivity contribution in [2.24, 2.45) is 0 Å². The minimum Gasteiger partial charge on any atom is -0.503 e. The Balaban J connectivity index is 2.80. The van der Waals surface area contributed by atoms with E-state index in [4.69, 9.17) is 9.47 Å². The van der Waals surface area contributed by atoms with Crippen LogP contribution >= 0.6 is 0 Å². The molecule has 0 atom stereocenters. The number of carbonyl (C=O) groups is 1. The lowest BCUT2D eigenvalue weighted by molar-refractivity contribution is -0.138. The Morgan fingerprint density at radius 3 is 2.40 bits per heavy atom. The second-order valence-corrected chi connectivity index (χ2v) is 7.79. The van der Waals surface area contributed by atoms with Crippen molar-refractivity contribution in [2.45, 2.75) is 17.7 Å². The molecule has 0 fully saturated rings. The number of carbonyl (C=O) groups excluding carboxylic acids is 1. The van der Waals surface area contributed by atoms with E-state index in [1.165, 1.54) is 18.6 Å². The maximum atomic E-state index is 13.7. The number of rotatable bonds is 7. The summed E-state index contributed by atoms with van der Waals surface area (Å²) in [7, 11) is -2.23. The zero-order chi connectivity index (χ0) is 22.5. The average Bonchev–Trinajstić information content (AvgIpc) is 2.68. The van der Waals surface area contributed by atoms with Crippen molar-refractivity contribution in [3.8, 4) is 5.88 Å². The van der Waals surface area contributed by atoms with Crippen molar-refractivity contribution in [2.75, 3.05) is 20.5 Å². The van der Waals surface area contributed by atoms with Gasteiger partial charge in [-0.25, -0.2) is 23.2 Å². The molecule has 0 spiro atoms. The van der Waals surface area contributed by atoms with Crippen LogP contribution in [0.25, 0.3) is 5.57 Å². The number of nitrogens with zero attached hydrogens (tertiary/aromatic N) is 2. The van der Waals surface area contributed by atoms with E-state index < -0.39 is 50.2 Å². The summed E-state index contributed by atoms with van der Waals surface area (Å²) in [6.45, 7) is -0.439. The number of hydrogen-bond acceptors (Lipinski definition) is 8. The predicted octanol–water partition coefficient (Wildman–Crippen LogP) is 2.64. The molecule has 162 valence electrons. The first-order valence-electron chi connectivity index (χ1n) is 8.14. The van der Waals surface area contributed by atoms with Crippen molar-refractivity contribution >= 4 is 21.4 Å². The molecule has 0 radical (unpaired) electrons. The first-order valence-corrected chi connectivity index (χ1v) is 10.0. The van der Waals surface area contributed by atoms with Crippen LogP contribution < -0.4 is 4.74 Å². The number of esters is 1. The Morgan fingerprint density at radius 1 is 1.20 bits per heavy atom. The third-order valence-electron chi connectivity index (χ3n) is 3.76. The summed E-state index contributed by atoms with van der Waals surface area (Å²) in [5, 5.41) is 0. The molecule has 2 rings (SSSR count). The number of halogens is 3. The van der Waals surface area contributed by atoms with Gasteiger partial charge in [-0.1, -0.05) is 6.07 Å². The van der Waals surface area contributed by atoms with Crippen LogP contribution in [0.2, 0.25) is 0 Å². The lowest BCUT2D eigenvalue weighted by atomic mass is 9.97. The van der Waals surface area contributed by atoms with Gasteiger partial charge in [0.05, 0.1) is 30.9 Å². The smallest absolute Gasteiger partial charge is 0.417 e. The molecule has 1 aromatic heterocycles. The molecule has 0 saturated carbocycles. The van der Waals surface area contributed by atoms with Crippen molar-refractivity contribution in [1.29, 1.82) is 0 Å². The quantitative estimate of drug-likeness (QED) is 0.363. The molecule has 30 heavy (non-hydrogen) atoms.